The number of methoxy groups -OCH3 is 1. The zero-order valence-corrected chi connectivity index (χ0v) is 17.7. The molecule has 0 aliphatic heterocycles. The van der Waals surface area contributed by atoms with E-state index in [0.29, 0.717) is 13.2 Å². The Kier molecular flexibility index (Phi) is 7.58. The van der Waals surface area contributed by atoms with Crippen LogP contribution in [-0.4, -0.2) is 19.8 Å². The summed E-state index contributed by atoms with van der Waals surface area (Å²) in [6.45, 7) is 3.03. The van der Waals surface area contributed by atoms with Gasteiger partial charge in [0.1, 0.15) is 0 Å². The monoisotopic (exact) mass is 428 g/mol. The molecule has 0 saturated carbocycles. The normalized spacial score (nSPS) is 12.4. The van der Waals surface area contributed by atoms with Gasteiger partial charge in [-0.15, -0.1) is 0 Å². The summed E-state index contributed by atoms with van der Waals surface area (Å²) in [7, 11) is 1.68. The van der Waals surface area contributed by atoms with Crippen LogP contribution >= 0.6 is 0 Å². The number of hydrogen-bond donors (Lipinski definition) is 2. The minimum Gasteiger partial charge on any atom is -0.383 e. The summed E-state index contributed by atoms with van der Waals surface area (Å²) in [5.74, 6) is 0. The van der Waals surface area contributed by atoms with E-state index in [-0.39, 0.29) is 6.04 Å². The SMILES string of the molecule is COC[C@H](Cc1ccc(C)cc1)Nc1ccccc1NCc1ccc(C(F)(F)F)cc1. The Hall–Kier alpha value is -2.99. The fourth-order valence-electron chi connectivity index (χ4n) is 3.35. The van der Waals surface area contributed by atoms with Crippen molar-refractivity contribution >= 4 is 11.4 Å². The number of benzene rings is 3. The lowest BCUT2D eigenvalue weighted by Crippen LogP contribution is -2.28. The first kappa shape index (κ1) is 22.7. The van der Waals surface area contributed by atoms with E-state index in [1.54, 1.807) is 7.11 Å². The summed E-state index contributed by atoms with van der Waals surface area (Å²) in [6, 6.07) is 21.5. The van der Waals surface area contributed by atoms with Crippen LogP contribution in [-0.2, 0) is 23.9 Å². The number of halogens is 3. The molecule has 31 heavy (non-hydrogen) atoms. The van der Waals surface area contributed by atoms with Gasteiger partial charge in [0.05, 0.1) is 29.6 Å². The van der Waals surface area contributed by atoms with Crippen LogP contribution in [0.25, 0.3) is 0 Å². The van der Waals surface area contributed by atoms with Crippen LogP contribution in [0.2, 0.25) is 0 Å². The molecule has 2 N–H and O–H groups in total. The van der Waals surface area contributed by atoms with E-state index in [9.17, 15) is 13.2 Å². The third-order valence-corrected chi connectivity index (χ3v) is 5.02. The predicted octanol–water partition coefficient (Wildman–Crippen LogP) is 6.30. The second kappa shape index (κ2) is 10.4. The topological polar surface area (TPSA) is 33.3 Å². The average Bonchev–Trinajstić information content (AvgIpc) is 2.74. The molecular formula is C25H27F3N2O. The molecule has 0 fully saturated rings. The smallest absolute Gasteiger partial charge is 0.383 e. The van der Waals surface area contributed by atoms with Crippen molar-refractivity contribution in [1.82, 2.24) is 0 Å². The van der Waals surface area contributed by atoms with E-state index in [4.69, 9.17) is 4.74 Å². The summed E-state index contributed by atoms with van der Waals surface area (Å²) in [4.78, 5) is 0. The molecule has 0 heterocycles. The van der Waals surface area contributed by atoms with Crippen molar-refractivity contribution < 1.29 is 17.9 Å². The molecule has 3 rings (SSSR count). The molecule has 0 unspecified atom stereocenters. The van der Waals surface area contributed by atoms with Crippen molar-refractivity contribution in [2.24, 2.45) is 0 Å². The molecule has 0 aliphatic carbocycles. The maximum Gasteiger partial charge on any atom is 0.416 e. The first-order valence-corrected chi connectivity index (χ1v) is 10.1. The summed E-state index contributed by atoms with van der Waals surface area (Å²) < 4.78 is 43.7. The Labute approximate surface area is 181 Å². The van der Waals surface area contributed by atoms with Crippen molar-refractivity contribution in [2.45, 2.75) is 32.1 Å². The van der Waals surface area contributed by atoms with Gasteiger partial charge < -0.3 is 15.4 Å². The molecular weight excluding hydrogens is 401 g/mol. The number of alkyl halides is 3. The van der Waals surface area contributed by atoms with Gasteiger partial charge in [-0.05, 0) is 48.7 Å². The van der Waals surface area contributed by atoms with E-state index in [2.05, 4.69) is 41.8 Å². The summed E-state index contributed by atoms with van der Waals surface area (Å²) >= 11 is 0. The molecule has 0 bridgehead atoms. The maximum absolute atomic E-state index is 12.7. The highest BCUT2D eigenvalue weighted by molar-refractivity contribution is 5.69. The molecule has 164 valence electrons. The van der Waals surface area contributed by atoms with Gasteiger partial charge >= 0.3 is 6.18 Å². The van der Waals surface area contributed by atoms with Gasteiger partial charge in [0.15, 0.2) is 0 Å². The van der Waals surface area contributed by atoms with E-state index in [0.717, 1.165) is 35.5 Å². The van der Waals surface area contributed by atoms with E-state index < -0.39 is 11.7 Å². The number of nitrogens with one attached hydrogen (secondary N) is 2. The fourth-order valence-corrected chi connectivity index (χ4v) is 3.35. The number of hydrogen-bond acceptors (Lipinski definition) is 3. The number of para-hydroxylation sites is 2. The second-order valence-corrected chi connectivity index (χ2v) is 7.58. The highest BCUT2D eigenvalue weighted by Crippen LogP contribution is 2.29. The van der Waals surface area contributed by atoms with Crippen molar-refractivity contribution in [3.8, 4) is 0 Å². The maximum atomic E-state index is 12.7. The van der Waals surface area contributed by atoms with Crippen LogP contribution in [0.5, 0.6) is 0 Å². The van der Waals surface area contributed by atoms with Crippen LogP contribution in [0.4, 0.5) is 24.5 Å². The molecule has 0 spiro atoms. The van der Waals surface area contributed by atoms with Crippen molar-refractivity contribution in [1.29, 1.82) is 0 Å². The largest absolute Gasteiger partial charge is 0.416 e. The number of rotatable bonds is 9. The van der Waals surface area contributed by atoms with Gasteiger partial charge in [-0.1, -0.05) is 54.1 Å². The molecule has 3 nitrogen and oxygen atoms in total. The van der Waals surface area contributed by atoms with E-state index in [1.807, 2.05) is 24.3 Å². The standard InChI is InChI=1S/C25H27F3N2O/c1-18-7-9-19(10-8-18)15-22(17-31-2)30-24-6-4-3-5-23(24)29-16-20-11-13-21(14-12-20)25(26,27)28/h3-14,22,29-30H,15-17H2,1-2H3/t22-/m0/s1. The molecule has 1 atom stereocenters. The lowest BCUT2D eigenvalue weighted by atomic mass is 10.0. The molecule has 0 aromatic heterocycles. The Morgan fingerprint density at radius 1 is 0.839 bits per heavy atom. The average molecular weight is 428 g/mol. The van der Waals surface area contributed by atoms with Gasteiger partial charge in [-0.2, -0.15) is 13.2 Å². The Balaban J connectivity index is 1.67. The Morgan fingerprint density at radius 2 is 1.45 bits per heavy atom. The highest BCUT2D eigenvalue weighted by Gasteiger charge is 2.29. The van der Waals surface area contributed by atoms with Crippen molar-refractivity contribution in [3.63, 3.8) is 0 Å². The lowest BCUT2D eigenvalue weighted by Gasteiger charge is -2.22. The molecule has 3 aromatic rings. The summed E-state index contributed by atoms with van der Waals surface area (Å²) in [5.41, 5.74) is 4.37. The minimum atomic E-state index is -4.32. The molecule has 0 radical (unpaired) electrons. The van der Waals surface area contributed by atoms with Gasteiger partial charge in [0, 0.05) is 13.7 Å². The van der Waals surface area contributed by atoms with Crippen LogP contribution in [0.15, 0.2) is 72.8 Å². The molecule has 0 saturated heterocycles. The second-order valence-electron chi connectivity index (χ2n) is 7.58. The molecule has 6 heteroatoms. The molecule has 0 amide bonds. The first-order valence-electron chi connectivity index (χ1n) is 10.1. The van der Waals surface area contributed by atoms with E-state index >= 15 is 0 Å². The van der Waals surface area contributed by atoms with Crippen LogP contribution in [0.3, 0.4) is 0 Å². The van der Waals surface area contributed by atoms with Crippen LogP contribution < -0.4 is 10.6 Å². The van der Waals surface area contributed by atoms with Crippen LogP contribution in [0.1, 0.15) is 22.3 Å². The van der Waals surface area contributed by atoms with Crippen molar-refractivity contribution in [2.75, 3.05) is 24.4 Å². The molecule has 3 aromatic carbocycles. The first-order chi connectivity index (χ1) is 14.8. The zero-order chi connectivity index (χ0) is 22.3. The molecule has 0 aliphatic rings. The lowest BCUT2D eigenvalue weighted by molar-refractivity contribution is -0.137. The number of anilines is 2. The quantitative estimate of drug-likeness (QED) is 0.420. The van der Waals surface area contributed by atoms with Crippen molar-refractivity contribution in [3.05, 3.63) is 95.1 Å². The predicted molar refractivity (Wildman–Crippen MR) is 119 cm³/mol. The zero-order valence-electron chi connectivity index (χ0n) is 17.7. The Morgan fingerprint density at radius 3 is 2.06 bits per heavy atom. The highest BCUT2D eigenvalue weighted by atomic mass is 19.4. The number of aryl methyl sites for hydroxylation is 1. The van der Waals surface area contributed by atoms with E-state index in [1.165, 1.54) is 23.3 Å². The van der Waals surface area contributed by atoms with Gasteiger partial charge in [0.2, 0.25) is 0 Å². The van der Waals surface area contributed by atoms with Crippen LogP contribution in [0, 0.1) is 6.92 Å². The minimum absolute atomic E-state index is 0.0710. The Bertz CT molecular complexity index is 954. The number of ether oxygens (including phenoxy) is 1. The summed E-state index contributed by atoms with van der Waals surface area (Å²) in [6.07, 6.45) is -3.52. The van der Waals surface area contributed by atoms with Gasteiger partial charge in [-0.3, -0.25) is 0 Å². The summed E-state index contributed by atoms with van der Waals surface area (Å²) in [5, 5.41) is 6.86. The third-order valence-electron chi connectivity index (χ3n) is 5.02. The fraction of sp³-hybridized carbons (Fsp3) is 0.280. The van der Waals surface area contributed by atoms with Gasteiger partial charge in [-0.25, -0.2) is 0 Å². The third kappa shape index (κ3) is 6.76. The van der Waals surface area contributed by atoms with Gasteiger partial charge in [0.25, 0.3) is 0 Å².